The van der Waals surface area contributed by atoms with E-state index >= 15 is 0 Å². The van der Waals surface area contributed by atoms with Gasteiger partial charge in [0.1, 0.15) is 0 Å². The van der Waals surface area contributed by atoms with Gasteiger partial charge in [-0.2, -0.15) is 0 Å². The van der Waals surface area contributed by atoms with Crippen molar-refractivity contribution in [3.63, 3.8) is 0 Å². The van der Waals surface area contributed by atoms with Gasteiger partial charge < -0.3 is 20.3 Å². The zero-order valence-electron chi connectivity index (χ0n) is 10.9. The molecule has 0 spiro atoms. The number of aryl methyl sites for hydroxylation is 1. The first-order chi connectivity index (χ1) is 8.63. The maximum Gasteiger partial charge on any atom is 0.0867 e. The topological polar surface area (TPSA) is 64.7 Å². The number of rotatable bonds is 8. The maximum atomic E-state index is 9.74. The highest BCUT2D eigenvalue weighted by atomic mass is 32.2. The molecule has 0 aliphatic heterocycles. The van der Waals surface area contributed by atoms with Gasteiger partial charge in [-0.1, -0.05) is 6.07 Å². The fourth-order valence-corrected chi connectivity index (χ4v) is 2.33. The molecule has 0 fully saturated rings. The lowest BCUT2D eigenvalue weighted by atomic mass is 10.2. The Morgan fingerprint density at radius 1 is 1.39 bits per heavy atom. The average molecular weight is 271 g/mol. The van der Waals surface area contributed by atoms with Crippen molar-refractivity contribution in [1.82, 2.24) is 0 Å². The lowest BCUT2D eigenvalue weighted by Gasteiger charge is -2.12. The molecule has 102 valence electrons. The van der Waals surface area contributed by atoms with Crippen LogP contribution in [0, 0.1) is 6.92 Å². The molecule has 0 radical (unpaired) electrons. The van der Waals surface area contributed by atoms with E-state index in [2.05, 4.69) is 0 Å². The van der Waals surface area contributed by atoms with Crippen LogP contribution in [0.2, 0.25) is 0 Å². The molecule has 1 rings (SSSR count). The Bertz CT molecular complexity index is 360. The molecular weight excluding hydrogens is 250 g/mol. The summed E-state index contributed by atoms with van der Waals surface area (Å²) in [7, 11) is 1.62. The van der Waals surface area contributed by atoms with Crippen LogP contribution < -0.4 is 5.73 Å². The van der Waals surface area contributed by atoms with Crippen LogP contribution in [0.4, 0.5) is 5.69 Å². The molecule has 18 heavy (non-hydrogen) atoms. The molecule has 0 saturated heterocycles. The van der Waals surface area contributed by atoms with Gasteiger partial charge in [-0.25, -0.2) is 0 Å². The Labute approximate surface area is 112 Å². The summed E-state index contributed by atoms with van der Waals surface area (Å²) in [6.07, 6.45) is -0.494. The molecule has 0 bridgehead atoms. The third kappa shape index (κ3) is 5.73. The number of hydrogen-bond donors (Lipinski definition) is 2. The lowest BCUT2D eigenvalue weighted by Crippen LogP contribution is -2.19. The fraction of sp³-hybridized carbons (Fsp3) is 0.538. The SMILES string of the molecule is COCCOCC(O)CSc1cc(C)ccc1N. The molecule has 0 aliphatic rings. The molecule has 4 nitrogen and oxygen atoms in total. The molecular formula is C13H21NO3S. The van der Waals surface area contributed by atoms with Crippen molar-refractivity contribution in [2.24, 2.45) is 0 Å². The van der Waals surface area contributed by atoms with E-state index in [4.69, 9.17) is 15.2 Å². The number of nitrogen functional groups attached to an aromatic ring is 1. The van der Waals surface area contributed by atoms with Gasteiger partial charge in [-0.3, -0.25) is 0 Å². The third-order valence-corrected chi connectivity index (χ3v) is 3.56. The van der Waals surface area contributed by atoms with Gasteiger partial charge in [0.25, 0.3) is 0 Å². The number of thioether (sulfide) groups is 1. The predicted octanol–water partition coefficient (Wildman–Crippen LogP) is 1.69. The number of methoxy groups -OCH3 is 1. The standard InChI is InChI=1S/C13H21NO3S/c1-10-3-4-12(14)13(7-10)18-9-11(15)8-17-6-5-16-2/h3-4,7,11,15H,5-6,8-9,14H2,1-2H3. The second-order valence-electron chi connectivity index (χ2n) is 4.07. The molecule has 1 unspecified atom stereocenters. The fourth-order valence-electron chi connectivity index (χ4n) is 1.36. The summed E-state index contributed by atoms with van der Waals surface area (Å²) in [4.78, 5) is 1.01. The molecule has 0 aromatic heterocycles. The van der Waals surface area contributed by atoms with Crippen LogP contribution in [0.25, 0.3) is 0 Å². The van der Waals surface area contributed by atoms with E-state index in [0.717, 1.165) is 16.1 Å². The van der Waals surface area contributed by atoms with Gasteiger partial charge >= 0.3 is 0 Å². The van der Waals surface area contributed by atoms with Crippen molar-refractivity contribution in [2.75, 3.05) is 38.4 Å². The number of nitrogens with two attached hydrogens (primary N) is 1. The molecule has 3 N–H and O–H groups in total. The van der Waals surface area contributed by atoms with E-state index < -0.39 is 6.10 Å². The van der Waals surface area contributed by atoms with Crippen molar-refractivity contribution < 1.29 is 14.6 Å². The highest BCUT2D eigenvalue weighted by molar-refractivity contribution is 7.99. The quantitative estimate of drug-likeness (QED) is 0.428. The molecule has 5 heteroatoms. The second-order valence-corrected chi connectivity index (χ2v) is 5.14. The maximum absolute atomic E-state index is 9.74. The molecule has 0 aliphatic carbocycles. The van der Waals surface area contributed by atoms with E-state index in [1.165, 1.54) is 0 Å². The number of ether oxygens (including phenoxy) is 2. The van der Waals surface area contributed by atoms with Crippen LogP contribution in [0.3, 0.4) is 0 Å². The zero-order chi connectivity index (χ0) is 13.4. The Kier molecular flexibility index (Phi) is 7.12. The molecule has 1 aromatic rings. The smallest absolute Gasteiger partial charge is 0.0867 e. The molecule has 1 atom stereocenters. The summed E-state index contributed by atoms with van der Waals surface area (Å²) >= 11 is 1.55. The van der Waals surface area contributed by atoms with Crippen molar-refractivity contribution in [2.45, 2.75) is 17.9 Å². The molecule has 0 saturated carbocycles. The number of aliphatic hydroxyl groups is 1. The van der Waals surface area contributed by atoms with E-state index in [1.54, 1.807) is 18.9 Å². The van der Waals surface area contributed by atoms with Crippen LogP contribution in [-0.4, -0.2) is 43.9 Å². The van der Waals surface area contributed by atoms with E-state index in [9.17, 15) is 5.11 Å². The molecule has 1 aromatic carbocycles. The average Bonchev–Trinajstić information content (AvgIpc) is 2.36. The van der Waals surface area contributed by atoms with Crippen molar-refractivity contribution in [3.05, 3.63) is 23.8 Å². The summed E-state index contributed by atoms with van der Waals surface area (Å²) in [5.74, 6) is 0.570. The number of aliphatic hydroxyl groups excluding tert-OH is 1. The largest absolute Gasteiger partial charge is 0.398 e. The predicted molar refractivity (Wildman–Crippen MR) is 75.0 cm³/mol. The summed E-state index contributed by atoms with van der Waals surface area (Å²) in [5.41, 5.74) is 7.78. The minimum Gasteiger partial charge on any atom is -0.398 e. The van der Waals surface area contributed by atoms with E-state index in [0.29, 0.717) is 25.6 Å². The highest BCUT2D eigenvalue weighted by Crippen LogP contribution is 2.26. The minimum absolute atomic E-state index is 0.322. The van der Waals surface area contributed by atoms with Crippen molar-refractivity contribution in [3.8, 4) is 0 Å². The normalized spacial score (nSPS) is 12.6. The van der Waals surface area contributed by atoms with Crippen LogP contribution in [-0.2, 0) is 9.47 Å². The number of benzene rings is 1. The van der Waals surface area contributed by atoms with Gasteiger partial charge in [0, 0.05) is 23.4 Å². The Morgan fingerprint density at radius 3 is 2.89 bits per heavy atom. The second kappa shape index (κ2) is 8.37. The molecule has 0 heterocycles. The van der Waals surface area contributed by atoms with Crippen LogP contribution >= 0.6 is 11.8 Å². The van der Waals surface area contributed by atoms with E-state index in [-0.39, 0.29) is 0 Å². The van der Waals surface area contributed by atoms with Crippen LogP contribution in [0.1, 0.15) is 5.56 Å². The lowest BCUT2D eigenvalue weighted by molar-refractivity contribution is 0.0218. The van der Waals surface area contributed by atoms with Crippen molar-refractivity contribution in [1.29, 1.82) is 0 Å². The van der Waals surface area contributed by atoms with Crippen molar-refractivity contribution >= 4 is 17.4 Å². The van der Waals surface area contributed by atoms with Gasteiger partial charge in [0.05, 0.1) is 25.9 Å². The zero-order valence-corrected chi connectivity index (χ0v) is 11.7. The number of hydrogen-bond acceptors (Lipinski definition) is 5. The Balaban J connectivity index is 2.29. The van der Waals surface area contributed by atoms with Gasteiger partial charge in [0.15, 0.2) is 0 Å². The highest BCUT2D eigenvalue weighted by Gasteiger charge is 2.07. The van der Waals surface area contributed by atoms with Crippen LogP contribution in [0.15, 0.2) is 23.1 Å². The number of anilines is 1. The summed E-state index contributed by atoms with van der Waals surface area (Å²) in [5, 5.41) is 9.74. The third-order valence-electron chi connectivity index (χ3n) is 2.34. The van der Waals surface area contributed by atoms with Gasteiger partial charge in [-0.05, 0) is 24.6 Å². The minimum atomic E-state index is -0.494. The van der Waals surface area contributed by atoms with Gasteiger partial charge in [0.2, 0.25) is 0 Å². The first-order valence-corrected chi connectivity index (χ1v) is 6.85. The summed E-state index contributed by atoms with van der Waals surface area (Å²) in [6, 6.07) is 5.89. The summed E-state index contributed by atoms with van der Waals surface area (Å²) in [6.45, 7) is 3.39. The van der Waals surface area contributed by atoms with Crippen LogP contribution in [0.5, 0.6) is 0 Å². The summed E-state index contributed by atoms with van der Waals surface area (Å²) < 4.78 is 10.1. The Hall–Kier alpha value is -0.750. The molecule has 0 amide bonds. The van der Waals surface area contributed by atoms with Gasteiger partial charge in [-0.15, -0.1) is 11.8 Å². The first kappa shape index (κ1) is 15.3. The monoisotopic (exact) mass is 271 g/mol. The van der Waals surface area contributed by atoms with E-state index in [1.807, 2.05) is 25.1 Å². The Morgan fingerprint density at radius 2 is 2.17 bits per heavy atom. The first-order valence-electron chi connectivity index (χ1n) is 5.87.